The Balaban J connectivity index is 2.66. The number of nitrogens with two attached hydrogens (primary N) is 2. The highest BCUT2D eigenvalue weighted by molar-refractivity contribution is 6.06. The van der Waals surface area contributed by atoms with Gasteiger partial charge in [-0.3, -0.25) is 0 Å². The molecular weight excluding hydrogens is 391 g/mol. The number of amidine groups is 1. The van der Waals surface area contributed by atoms with Crippen LogP contribution in [0.25, 0.3) is 0 Å². The first kappa shape index (κ1) is 22.0. The molecule has 1 aromatic carbocycles. The van der Waals surface area contributed by atoms with Crippen LogP contribution in [0.2, 0.25) is 0 Å². The highest BCUT2D eigenvalue weighted by Crippen LogP contribution is 2.43. The first-order chi connectivity index (χ1) is 13.6. The van der Waals surface area contributed by atoms with Gasteiger partial charge in [-0.1, -0.05) is 12.1 Å². The molecule has 29 heavy (non-hydrogen) atoms. The van der Waals surface area contributed by atoms with Crippen LogP contribution in [0, 0.1) is 0 Å². The van der Waals surface area contributed by atoms with E-state index in [-0.39, 0.29) is 29.9 Å². The lowest BCUT2D eigenvalue weighted by molar-refractivity contribution is -0.140. The summed E-state index contributed by atoms with van der Waals surface area (Å²) in [6.07, 6.45) is -3.95. The van der Waals surface area contributed by atoms with Gasteiger partial charge in [-0.25, -0.2) is 14.6 Å². The van der Waals surface area contributed by atoms with Gasteiger partial charge in [0.1, 0.15) is 5.84 Å². The number of carbonyl (C=O) groups excluding carboxylic acids is 2. The third kappa shape index (κ3) is 4.58. The normalized spacial score (nSPS) is 18.4. The first-order valence-corrected chi connectivity index (χ1v) is 8.67. The Morgan fingerprint density at radius 1 is 1.10 bits per heavy atom. The van der Waals surface area contributed by atoms with Crippen molar-refractivity contribution in [2.75, 3.05) is 13.2 Å². The van der Waals surface area contributed by atoms with Crippen LogP contribution < -0.4 is 11.5 Å². The molecule has 0 amide bonds. The van der Waals surface area contributed by atoms with E-state index < -0.39 is 41.1 Å². The number of allylic oxidation sites excluding steroid dienone is 1. The van der Waals surface area contributed by atoms with Crippen LogP contribution >= 0.6 is 0 Å². The Labute approximate surface area is 164 Å². The highest BCUT2D eigenvalue weighted by atomic mass is 19.4. The van der Waals surface area contributed by atoms with E-state index in [1.807, 2.05) is 0 Å². The van der Waals surface area contributed by atoms with Gasteiger partial charge in [0, 0.05) is 17.7 Å². The molecule has 2 rings (SSSR count). The van der Waals surface area contributed by atoms with Crippen LogP contribution in [-0.4, -0.2) is 37.2 Å². The maximum atomic E-state index is 13.6. The molecule has 7 nitrogen and oxygen atoms in total. The smallest absolute Gasteiger partial charge is 0.434 e. The van der Waals surface area contributed by atoms with Crippen LogP contribution in [0.15, 0.2) is 52.3 Å². The zero-order valence-corrected chi connectivity index (χ0v) is 15.7. The van der Waals surface area contributed by atoms with Crippen molar-refractivity contribution < 1.29 is 32.2 Å². The molecule has 1 heterocycles. The van der Waals surface area contributed by atoms with Gasteiger partial charge >= 0.3 is 18.1 Å². The average molecular weight is 411 g/mol. The molecule has 0 aliphatic carbocycles. The van der Waals surface area contributed by atoms with Crippen molar-refractivity contribution in [1.29, 1.82) is 0 Å². The van der Waals surface area contributed by atoms with E-state index in [4.69, 9.17) is 20.9 Å². The van der Waals surface area contributed by atoms with Crippen molar-refractivity contribution in [3.8, 4) is 0 Å². The number of halogens is 3. The second-order valence-corrected chi connectivity index (χ2v) is 5.88. The monoisotopic (exact) mass is 411 g/mol. The van der Waals surface area contributed by atoms with Crippen molar-refractivity contribution in [2.45, 2.75) is 25.9 Å². The lowest BCUT2D eigenvalue weighted by atomic mass is 9.81. The van der Waals surface area contributed by atoms with E-state index in [0.717, 1.165) is 6.20 Å². The summed E-state index contributed by atoms with van der Waals surface area (Å²) in [5, 5.41) is 0. The van der Waals surface area contributed by atoms with E-state index in [9.17, 15) is 22.8 Å². The van der Waals surface area contributed by atoms with Gasteiger partial charge in [-0.2, -0.15) is 13.2 Å². The largest absolute Gasteiger partial charge is 0.463 e. The van der Waals surface area contributed by atoms with Crippen molar-refractivity contribution >= 4 is 17.8 Å². The van der Waals surface area contributed by atoms with E-state index >= 15 is 0 Å². The van der Waals surface area contributed by atoms with Gasteiger partial charge < -0.3 is 20.9 Å². The minimum Gasteiger partial charge on any atom is -0.463 e. The quantitative estimate of drug-likeness (QED) is 0.719. The molecule has 156 valence electrons. The number of benzene rings is 1. The summed E-state index contributed by atoms with van der Waals surface area (Å²) >= 11 is 0. The molecule has 0 saturated carbocycles. The maximum absolute atomic E-state index is 13.6. The van der Waals surface area contributed by atoms with Gasteiger partial charge in [0.2, 0.25) is 0 Å². The lowest BCUT2D eigenvalue weighted by Crippen LogP contribution is -2.33. The number of aliphatic imine (C=N–C) groups is 1. The van der Waals surface area contributed by atoms with E-state index in [2.05, 4.69) is 4.99 Å². The summed E-state index contributed by atoms with van der Waals surface area (Å²) in [5.74, 6) is -3.51. The SMILES string of the molecule is CCOC(=O)C1=C(C(F)(F)F)N=C(N)/C(=C\N)C1c1ccc(C(=O)OCC)cc1. The highest BCUT2D eigenvalue weighted by Gasteiger charge is 2.46. The minimum absolute atomic E-state index is 0.0185. The molecule has 0 spiro atoms. The van der Waals surface area contributed by atoms with E-state index in [1.54, 1.807) is 6.92 Å². The Bertz CT molecular complexity index is 887. The second-order valence-electron chi connectivity index (χ2n) is 5.88. The number of hydrogen-bond donors (Lipinski definition) is 2. The molecule has 0 saturated heterocycles. The van der Waals surface area contributed by atoms with Crippen LogP contribution in [0.1, 0.15) is 35.7 Å². The molecule has 1 aromatic rings. The minimum atomic E-state index is -4.95. The average Bonchev–Trinajstić information content (AvgIpc) is 2.66. The lowest BCUT2D eigenvalue weighted by Gasteiger charge is -2.28. The Morgan fingerprint density at radius 2 is 1.66 bits per heavy atom. The van der Waals surface area contributed by atoms with E-state index in [1.165, 1.54) is 31.2 Å². The molecule has 1 atom stereocenters. The topological polar surface area (TPSA) is 117 Å². The van der Waals surface area contributed by atoms with E-state index in [0.29, 0.717) is 0 Å². The Morgan fingerprint density at radius 3 is 2.14 bits per heavy atom. The van der Waals surface area contributed by atoms with Crippen molar-refractivity contribution in [3.63, 3.8) is 0 Å². The Kier molecular flexibility index (Phi) is 6.68. The number of ether oxygens (including phenoxy) is 2. The summed E-state index contributed by atoms with van der Waals surface area (Å²) < 4.78 is 50.5. The molecular formula is C19H20F3N3O4. The van der Waals surface area contributed by atoms with Crippen LogP contribution in [0.4, 0.5) is 13.2 Å². The van der Waals surface area contributed by atoms with Crippen molar-refractivity contribution in [3.05, 3.63) is 58.4 Å². The molecule has 0 radical (unpaired) electrons. The number of esters is 2. The Hall–Kier alpha value is -3.30. The van der Waals surface area contributed by atoms with Gasteiger partial charge in [0.15, 0.2) is 5.70 Å². The summed E-state index contributed by atoms with van der Waals surface area (Å²) in [7, 11) is 0. The molecule has 1 aliphatic heterocycles. The van der Waals surface area contributed by atoms with Crippen LogP contribution in [-0.2, 0) is 14.3 Å². The fourth-order valence-electron chi connectivity index (χ4n) is 2.88. The van der Waals surface area contributed by atoms with Gasteiger partial charge in [-0.15, -0.1) is 0 Å². The number of hydrogen-bond acceptors (Lipinski definition) is 7. The molecule has 10 heteroatoms. The van der Waals surface area contributed by atoms with Gasteiger partial charge in [0.05, 0.1) is 24.4 Å². The number of nitrogens with zero attached hydrogens (tertiary/aromatic N) is 1. The summed E-state index contributed by atoms with van der Waals surface area (Å²) in [6.45, 7) is 3.14. The summed E-state index contributed by atoms with van der Waals surface area (Å²) in [4.78, 5) is 27.6. The number of alkyl halides is 3. The zero-order chi connectivity index (χ0) is 21.8. The van der Waals surface area contributed by atoms with Gasteiger partial charge in [-0.05, 0) is 31.5 Å². The molecule has 0 bridgehead atoms. The fourth-order valence-corrected chi connectivity index (χ4v) is 2.88. The molecule has 1 unspecified atom stereocenters. The fraction of sp³-hybridized carbons (Fsp3) is 0.316. The standard InChI is InChI=1S/C19H20F3N3O4/c1-3-28-17(26)11-7-5-10(6-8-11)13-12(9-23)16(24)25-15(19(20,21)22)14(13)18(27)29-4-2/h5-9,13H,3-4,23H2,1-2H3,(H2,24,25)/b12-9-. The van der Waals surface area contributed by atoms with Crippen LogP contribution in [0.3, 0.4) is 0 Å². The second kappa shape index (κ2) is 8.80. The number of rotatable bonds is 5. The molecule has 4 N–H and O–H groups in total. The molecule has 1 aliphatic rings. The predicted octanol–water partition coefficient (Wildman–Crippen LogP) is 2.54. The van der Waals surface area contributed by atoms with Gasteiger partial charge in [0.25, 0.3) is 0 Å². The molecule has 0 aromatic heterocycles. The first-order valence-electron chi connectivity index (χ1n) is 8.67. The van der Waals surface area contributed by atoms with Crippen molar-refractivity contribution in [1.82, 2.24) is 0 Å². The van der Waals surface area contributed by atoms with Crippen LogP contribution in [0.5, 0.6) is 0 Å². The summed E-state index contributed by atoms with van der Waals surface area (Å²) in [6, 6.07) is 5.54. The predicted molar refractivity (Wildman–Crippen MR) is 98.7 cm³/mol. The molecule has 0 fully saturated rings. The maximum Gasteiger partial charge on any atom is 0.434 e. The third-order valence-electron chi connectivity index (χ3n) is 4.08. The summed E-state index contributed by atoms with van der Waals surface area (Å²) in [5.41, 5.74) is 9.57. The van der Waals surface area contributed by atoms with Crippen molar-refractivity contribution in [2.24, 2.45) is 16.5 Å². The third-order valence-corrected chi connectivity index (χ3v) is 4.08. The number of carbonyl (C=O) groups is 2. The zero-order valence-electron chi connectivity index (χ0n) is 15.7.